The van der Waals surface area contributed by atoms with Crippen LogP contribution in [0.1, 0.15) is 45.9 Å². The minimum Gasteiger partial charge on any atom is -0.485 e. The SMILES string of the molecule is Cc1ccc(C)c(OCc2cc(C(=O)NC(C)c3ccc(F)cc3)no2)c1. The molecule has 3 rings (SSSR count). The average Bonchev–Trinajstić information content (AvgIpc) is 3.12. The first-order chi connectivity index (χ1) is 12.9. The number of nitrogens with zero attached hydrogens (tertiary/aromatic N) is 1. The minimum absolute atomic E-state index is 0.170. The smallest absolute Gasteiger partial charge is 0.273 e. The van der Waals surface area contributed by atoms with Crippen molar-refractivity contribution in [1.82, 2.24) is 10.5 Å². The zero-order valence-corrected chi connectivity index (χ0v) is 15.5. The molecule has 1 aromatic heterocycles. The van der Waals surface area contributed by atoms with Crippen molar-refractivity contribution in [3.8, 4) is 5.75 Å². The van der Waals surface area contributed by atoms with Gasteiger partial charge in [-0.2, -0.15) is 0 Å². The Labute approximate surface area is 157 Å². The molecule has 140 valence electrons. The molecule has 1 unspecified atom stereocenters. The van der Waals surface area contributed by atoms with Crippen LogP contribution in [-0.2, 0) is 6.61 Å². The molecule has 2 aromatic carbocycles. The third kappa shape index (κ3) is 4.73. The molecule has 0 aliphatic heterocycles. The van der Waals surface area contributed by atoms with Crippen LogP contribution in [0.5, 0.6) is 5.75 Å². The number of ether oxygens (including phenoxy) is 1. The van der Waals surface area contributed by atoms with Crippen LogP contribution < -0.4 is 10.1 Å². The molecule has 3 aromatic rings. The number of hydrogen-bond acceptors (Lipinski definition) is 4. The van der Waals surface area contributed by atoms with Gasteiger partial charge in [0.2, 0.25) is 0 Å². The Balaban J connectivity index is 1.60. The van der Waals surface area contributed by atoms with E-state index in [0.717, 1.165) is 22.4 Å². The quantitative estimate of drug-likeness (QED) is 0.696. The van der Waals surface area contributed by atoms with Crippen molar-refractivity contribution < 1.29 is 18.4 Å². The van der Waals surface area contributed by atoms with E-state index in [0.29, 0.717) is 5.76 Å². The monoisotopic (exact) mass is 368 g/mol. The number of halogens is 1. The lowest BCUT2D eigenvalue weighted by Gasteiger charge is -2.13. The molecule has 0 aliphatic rings. The summed E-state index contributed by atoms with van der Waals surface area (Å²) in [7, 11) is 0. The van der Waals surface area contributed by atoms with Crippen molar-refractivity contribution in [2.75, 3.05) is 0 Å². The van der Waals surface area contributed by atoms with Gasteiger partial charge in [-0.1, -0.05) is 29.4 Å². The number of aryl methyl sites for hydroxylation is 2. The molecule has 27 heavy (non-hydrogen) atoms. The Morgan fingerprint density at radius 1 is 1.19 bits per heavy atom. The fraction of sp³-hybridized carbons (Fsp3) is 0.238. The van der Waals surface area contributed by atoms with Gasteiger partial charge in [0, 0.05) is 6.07 Å². The second kappa shape index (κ2) is 8.03. The Hall–Kier alpha value is -3.15. The van der Waals surface area contributed by atoms with Gasteiger partial charge in [-0.3, -0.25) is 4.79 Å². The number of carbonyl (C=O) groups excluding carboxylic acids is 1. The lowest BCUT2D eigenvalue weighted by Crippen LogP contribution is -2.26. The van der Waals surface area contributed by atoms with E-state index in [-0.39, 0.29) is 30.1 Å². The largest absolute Gasteiger partial charge is 0.485 e. The molecule has 0 bridgehead atoms. The summed E-state index contributed by atoms with van der Waals surface area (Å²) in [5.41, 5.74) is 3.09. The molecule has 0 radical (unpaired) electrons. The fourth-order valence-corrected chi connectivity index (χ4v) is 2.61. The highest BCUT2D eigenvalue weighted by molar-refractivity contribution is 5.92. The maximum Gasteiger partial charge on any atom is 0.273 e. The predicted octanol–water partition coefficient (Wildman–Crippen LogP) is 4.50. The van der Waals surface area contributed by atoms with Gasteiger partial charge in [0.05, 0.1) is 6.04 Å². The zero-order chi connectivity index (χ0) is 19.4. The van der Waals surface area contributed by atoms with Crippen LogP contribution in [0.25, 0.3) is 0 Å². The summed E-state index contributed by atoms with van der Waals surface area (Å²) in [4.78, 5) is 12.3. The Bertz CT molecular complexity index is 935. The lowest BCUT2D eigenvalue weighted by molar-refractivity contribution is 0.0930. The topological polar surface area (TPSA) is 64.4 Å². The molecule has 1 N–H and O–H groups in total. The summed E-state index contributed by atoms with van der Waals surface area (Å²) < 4.78 is 24.0. The number of amides is 1. The van der Waals surface area contributed by atoms with Crippen molar-refractivity contribution in [3.05, 3.63) is 82.5 Å². The van der Waals surface area contributed by atoms with Crippen LogP contribution in [-0.4, -0.2) is 11.1 Å². The first kappa shape index (κ1) is 18.6. The Morgan fingerprint density at radius 3 is 2.67 bits per heavy atom. The van der Waals surface area contributed by atoms with E-state index in [1.54, 1.807) is 18.2 Å². The highest BCUT2D eigenvalue weighted by Gasteiger charge is 2.16. The predicted molar refractivity (Wildman–Crippen MR) is 99.0 cm³/mol. The van der Waals surface area contributed by atoms with E-state index in [9.17, 15) is 9.18 Å². The third-order valence-corrected chi connectivity index (χ3v) is 4.22. The van der Waals surface area contributed by atoms with Crippen LogP contribution in [0.3, 0.4) is 0 Å². The van der Waals surface area contributed by atoms with Crippen LogP contribution in [0.15, 0.2) is 53.1 Å². The standard InChI is InChI=1S/C21H21FN2O3/c1-13-4-5-14(2)20(10-13)26-12-18-11-19(24-27-18)21(25)23-15(3)16-6-8-17(22)9-7-16/h4-11,15H,12H2,1-3H3,(H,23,25). The van der Waals surface area contributed by atoms with Crippen LogP contribution >= 0.6 is 0 Å². The second-order valence-corrected chi connectivity index (χ2v) is 6.48. The Kier molecular flexibility index (Phi) is 5.54. The van der Waals surface area contributed by atoms with Gasteiger partial charge in [-0.15, -0.1) is 0 Å². The highest BCUT2D eigenvalue weighted by Crippen LogP contribution is 2.21. The zero-order valence-electron chi connectivity index (χ0n) is 15.5. The summed E-state index contributed by atoms with van der Waals surface area (Å²) in [6, 6.07) is 13.2. The van der Waals surface area contributed by atoms with Crippen molar-refractivity contribution in [3.63, 3.8) is 0 Å². The number of hydrogen-bond donors (Lipinski definition) is 1. The van der Waals surface area contributed by atoms with Crippen molar-refractivity contribution in [1.29, 1.82) is 0 Å². The van der Waals surface area contributed by atoms with E-state index >= 15 is 0 Å². The molecule has 0 saturated heterocycles. The van der Waals surface area contributed by atoms with Crippen molar-refractivity contribution in [2.45, 2.75) is 33.4 Å². The normalized spacial score (nSPS) is 11.9. The third-order valence-electron chi connectivity index (χ3n) is 4.22. The summed E-state index contributed by atoms with van der Waals surface area (Å²) in [5, 5.41) is 6.61. The van der Waals surface area contributed by atoms with Gasteiger partial charge in [0.25, 0.3) is 5.91 Å². The summed E-state index contributed by atoms with van der Waals surface area (Å²) in [5.74, 6) is 0.536. The molecule has 0 saturated carbocycles. The van der Waals surface area contributed by atoms with E-state index < -0.39 is 0 Å². The van der Waals surface area contributed by atoms with E-state index in [2.05, 4.69) is 10.5 Å². The molecular formula is C21H21FN2O3. The van der Waals surface area contributed by atoms with Gasteiger partial charge >= 0.3 is 0 Å². The van der Waals surface area contributed by atoms with Crippen LogP contribution in [0.4, 0.5) is 4.39 Å². The van der Waals surface area contributed by atoms with Gasteiger partial charge in [0.15, 0.2) is 11.5 Å². The molecule has 0 fully saturated rings. The summed E-state index contributed by atoms with van der Waals surface area (Å²) in [6.45, 7) is 5.95. The molecule has 1 amide bonds. The molecule has 1 atom stereocenters. The van der Waals surface area contributed by atoms with Gasteiger partial charge in [-0.25, -0.2) is 4.39 Å². The maximum absolute atomic E-state index is 13.0. The van der Waals surface area contributed by atoms with Crippen molar-refractivity contribution in [2.24, 2.45) is 0 Å². The summed E-state index contributed by atoms with van der Waals surface area (Å²) in [6.07, 6.45) is 0. The lowest BCUT2D eigenvalue weighted by atomic mass is 10.1. The molecule has 0 aliphatic carbocycles. The Morgan fingerprint density at radius 2 is 1.93 bits per heavy atom. The molecular weight excluding hydrogens is 347 g/mol. The number of benzene rings is 2. The number of rotatable bonds is 6. The fourth-order valence-electron chi connectivity index (χ4n) is 2.61. The molecule has 6 heteroatoms. The number of aromatic nitrogens is 1. The molecule has 0 spiro atoms. The van der Waals surface area contributed by atoms with Crippen LogP contribution in [0.2, 0.25) is 0 Å². The molecule has 5 nitrogen and oxygen atoms in total. The maximum atomic E-state index is 13.0. The van der Waals surface area contributed by atoms with Crippen molar-refractivity contribution >= 4 is 5.91 Å². The number of nitrogens with one attached hydrogen (secondary N) is 1. The average molecular weight is 368 g/mol. The number of carbonyl (C=O) groups is 1. The molecule has 1 heterocycles. The van der Waals surface area contributed by atoms with Gasteiger partial charge in [0.1, 0.15) is 18.2 Å². The van der Waals surface area contributed by atoms with Gasteiger partial charge < -0.3 is 14.6 Å². The first-order valence-electron chi connectivity index (χ1n) is 8.64. The van der Waals surface area contributed by atoms with Gasteiger partial charge in [-0.05, 0) is 55.7 Å². The van der Waals surface area contributed by atoms with E-state index in [4.69, 9.17) is 9.26 Å². The first-order valence-corrected chi connectivity index (χ1v) is 8.64. The summed E-state index contributed by atoms with van der Waals surface area (Å²) >= 11 is 0. The van der Waals surface area contributed by atoms with Crippen LogP contribution in [0, 0.1) is 19.7 Å². The van der Waals surface area contributed by atoms with E-state index in [1.807, 2.05) is 39.0 Å². The second-order valence-electron chi connectivity index (χ2n) is 6.48. The highest BCUT2D eigenvalue weighted by atomic mass is 19.1. The minimum atomic E-state index is -0.367. The van der Waals surface area contributed by atoms with E-state index in [1.165, 1.54) is 12.1 Å².